The van der Waals surface area contributed by atoms with Gasteiger partial charge in [-0.15, -0.1) is 0 Å². The Bertz CT molecular complexity index is 527. The van der Waals surface area contributed by atoms with Crippen molar-refractivity contribution in [3.05, 3.63) is 33.8 Å². The second-order valence-corrected chi connectivity index (χ2v) is 6.40. The summed E-state index contributed by atoms with van der Waals surface area (Å²) >= 11 is 8.37. The highest BCUT2D eigenvalue weighted by atomic mass is 79.9. The highest BCUT2D eigenvalue weighted by Gasteiger charge is 2.23. The summed E-state index contributed by atoms with van der Waals surface area (Å²) in [6.07, 6.45) is 0. The molecule has 1 aromatic carbocycles. The Morgan fingerprint density at radius 2 is 2.00 bits per heavy atom. The zero-order valence-electron chi connectivity index (χ0n) is 11.4. The van der Waals surface area contributed by atoms with Crippen molar-refractivity contribution in [2.45, 2.75) is 6.92 Å². The predicted octanol–water partition coefficient (Wildman–Crippen LogP) is 1.80. The summed E-state index contributed by atoms with van der Waals surface area (Å²) in [4.78, 5) is 17.1. The lowest BCUT2D eigenvalue weighted by Crippen LogP contribution is -2.50. The summed E-state index contributed by atoms with van der Waals surface area (Å²) in [5.74, 6) is 0.0792. The Morgan fingerprint density at radius 1 is 1.35 bits per heavy atom. The molecule has 0 radical (unpaired) electrons. The Morgan fingerprint density at radius 3 is 2.60 bits per heavy atom. The zero-order valence-corrected chi connectivity index (χ0v) is 13.8. The number of nitrogens with zero attached hydrogens (tertiary/aromatic N) is 2. The number of carbonyl (C=O) groups is 1. The minimum absolute atomic E-state index is 0.0792. The van der Waals surface area contributed by atoms with Crippen LogP contribution in [0.1, 0.15) is 15.9 Å². The van der Waals surface area contributed by atoms with Gasteiger partial charge in [0.2, 0.25) is 0 Å². The third-order valence-electron chi connectivity index (χ3n) is 3.39. The van der Waals surface area contributed by atoms with Crippen LogP contribution < -0.4 is 5.73 Å². The number of rotatable bonds is 3. The van der Waals surface area contributed by atoms with Gasteiger partial charge in [-0.05, 0) is 35.0 Å². The topological polar surface area (TPSA) is 49.6 Å². The summed E-state index contributed by atoms with van der Waals surface area (Å²) in [7, 11) is 0. The van der Waals surface area contributed by atoms with Gasteiger partial charge in [-0.3, -0.25) is 9.69 Å². The largest absolute Gasteiger partial charge is 0.392 e. The minimum atomic E-state index is 0.0792. The SMILES string of the molecule is Cc1ccc(Br)c(C(=O)N2CCN(CC(N)=S)CC2)c1. The molecule has 4 nitrogen and oxygen atoms in total. The highest BCUT2D eigenvalue weighted by Crippen LogP contribution is 2.20. The fourth-order valence-electron chi connectivity index (χ4n) is 2.30. The molecule has 108 valence electrons. The van der Waals surface area contributed by atoms with Crippen molar-refractivity contribution in [3.63, 3.8) is 0 Å². The van der Waals surface area contributed by atoms with E-state index in [1.165, 1.54) is 0 Å². The fourth-order valence-corrected chi connectivity index (χ4v) is 2.90. The van der Waals surface area contributed by atoms with E-state index in [2.05, 4.69) is 20.8 Å². The minimum Gasteiger partial charge on any atom is -0.392 e. The van der Waals surface area contributed by atoms with E-state index < -0.39 is 0 Å². The Balaban J connectivity index is 2.01. The molecule has 0 aromatic heterocycles. The van der Waals surface area contributed by atoms with Crippen LogP contribution in [0.2, 0.25) is 0 Å². The van der Waals surface area contributed by atoms with Crippen molar-refractivity contribution in [2.24, 2.45) is 5.73 Å². The van der Waals surface area contributed by atoms with Crippen LogP contribution in [0.3, 0.4) is 0 Å². The number of carbonyl (C=O) groups excluding carboxylic acids is 1. The van der Waals surface area contributed by atoms with Crippen molar-refractivity contribution >= 4 is 39.0 Å². The van der Waals surface area contributed by atoms with Gasteiger partial charge in [-0.1, -0.05) is 23.8 Å². The smallest absolute Gasteiger partial charge is 0.255 e. The maximum Gasteiger partial charge on any atom is 0.255 e. The van der Waals surface area contributed by atoms with E-state index in [0.717, 1.165) is 28.7 Å². The lowest BCUT2D eigenvalue weighted by molar-refractivity contribution is 0.0653. The van der Waals surface area contributed by atoms with Crippen molar-refractivity contribution in [1.82, 2.24) is 9.80 Å². The summed E-state index contributed by atoms with van der Waals surface area (Å²) in [6, 6.07) is 5.83. The van der Waals surface area contributed by atoms with Crippen LogP contribution in [-0.4, -0.2) is 53.4 Å². The molecule has 6 heteroatoms. The summed E-state index contributed by atoms with van der Waals surface area (Å²) in [5.41, 5.74) is 7.36. The first-order valence-corrected chi connectivity index (χ1v) is 7.73. The zero-order chi connectivity index (χ0) is 14.7. The van der Waals surface area contributed by atoms with E-state index >= 15 is 0 Å². The van der Waals surface area contributed by atoms with Gasteiger partial charge in [0.25, 0.3) is 5.91 Å². The van der Waals surface area contributed by atoms with Gasteiger partial charge in [0.1, 0.15) is 0 Å². The van der Waals surface area contributed by atoms with E-state index in [9.17, 15) is 4.79 Å². The van der Waals surface area contributed by atoms with E-state index in [1.54, 1.807) is 0 Å². The number of hydrogen-bond acceptors (Lipinski definition) is 3. The molecule has 1 fully saturated rings. The predicted molar refractivity (Wildman–Crippen MR) is 88.0 cm³/mol. The molecule has 0 aliphatic carbocycles. The van der Waals surface area contributed by atoms with Gasteiger partial charge in [0.05, 0.1) is 10.6 Å². The number of benzene rings is 1. The monoisotopic (exact) mass is 355 g/mol. The molecular weight excluding hydrogens is 338 g/mol. The molecule has 0 atom stereocenters. The third-order valence-corrected chi connectivity index (χ3v) is 4.21. The molecule has 1 amide bonds. The Kier molecular flexibility index (Phi) is 5.12. The molecule has 0 unspecified atom stereocenters. The third kappa shape index (κ3) is 3.77. The lowest BCUT2D eigenvalue weighted by Gasteiger charge is -2.34. The van der Waals surface area contributed by atoms with Crippen LogP contribution in [0.5, 0.6) is 0 Å². The second-order valence-electron chi connectivity index (χ2n) is 5.02. The molecule has 0 bridgehead atoms. The average Bonchev–Trinajstić information content (AvgIpc) is 2.41. The van der Waals surface area contributed by atoms with Crippen molar-refractivity contribution in [3.8, 4) is 0 Å². The molecule has 20 heavy (non-hydrogen) atoms. The maximum atomic E-state index is 12.5. The van der Waals surface area contributed by atoms with Gasteiger partial charge < -0.3 is 10.6 Å². The molecule has 2 N–H and O–H groups in total. The van der Waals surface area contributed by atoms with Crippen LogP contribution in [0.15, 0.2) is 22.7 Å². The Labute approximate surface area is 133 Å². The first-order chi connectivity index (χ1) is 9.47. The van der Waals surface area contributed by atoms with Gasteiger partial charge in [-0.2, -0.15) is 0 Å². The number of nitrogens with two attached hydrogens (primary N) is 1. The summed E-state index contributed by atoms with van der Waals surface area (Å²) < 4.78 is 0.846. The van der Waals surface area contributed by atoms with Crippen LogP contribution in [0, 0.1) is 6.92 Å². The molecule has 1 aromatic rings. The number of amides is 1. The lowest BCUT2D eigenvalue weighted by atomic mass is 10.1. The molecular formula is C14H18BrN3OS. The molecule has 0 spiro atoms. The van der Waals surface area contributed by atoms with Crippen molar-refractivity contribution in [1.29, 1.82) is 0 Å². The van der Waals surface area contributed by atoms with Gasteiger partial charge in [-0.25, -0.2) is 0 Å². The van der Waals surface area contributed by atoms with E-state index in [1.807, 2.05) is 30.0 Å². The maximum absolute atomic E-state index is 12.5. The summed E-state index contributed by atoms with van der Waals surface area (Å²) in [6.45, 7) is 5.66. The number of thiocarbonyl (C=S) groups is 1. The van der Waals surface area contributed by atoms with Crippen LogP contribution >= 0.6 is 28.1 Å². The average molecular weight is 356 g/mol. The molecule has 1 aliphatic heterocycles. The number of piperazine rings is 1. The molecule has 1 saturated heterocycles. The quantitative estimate of drug-likeness (QED) is 0.840. The van der Waals surface area contributed by atoms with Crippen molar-refractivity contribution in [2.75, 3.05) is 32.7 Å². The standard InChI is InChI=1S/C14H18BrN3OS/c1-10-2-3-12(15)11(8-10)14(19)18-6-4-17(5-7-18)9-13(16)20/h2-3,8H,4-7,9H2,1H3,(H2,16,20). The van der Waals surface area contributed by atoms with Crippen molar-refractivity contribution < 1.29 is 4.79 Å². The first kappa shape index (κ1) is 15.4. The van der Waals surface area contributed by atoms with Gasteiger partial charge >= 0.3 is 0 Å². The van der Waals surface area contributed by atoms with Crippen LogP contribution in [-0.2, 0) is 0 Å². The number of hydrogen-bond donors (Lipinski definition) is 1. The molecule has 1 aliphatic rings. The van der Waals surface area contributed by atoms with E-state index in [0.29, 0.717) is 24.6 Å². The molecule has 0 saturated carbocycles. The van der Waals surface area contributed by atoms with E-state index in [4.69, 9.17) is 18.0 Å². The van der Waals surface area contributed by atoms with Gasteiger partial charge in [0, 0.05) is 37.2 Å². The van der Waals surface area contributed by atoms with Gasteiger partial charge in [0.15, 0.2) is 0 Å². The molecule has 2 rings (SSSR count). The van der Waals surface area contributed by atoms with Crippen LogP contribution in [0.4, 0.5) is 0 Å². The van der Waals surface area contributed by atoms with E-state index in [-0.39, 0.29) is 5.91 Å². The molecule has 1 heterocycles. The first-order valence-electron chi connectivity index (χ1n) is 6.53. The van der Waals surface area contributed by atoms with Crippen LogP contribution in [0.25, 0.3) is 0 Å². The Hall–Kier alpha value is -0.980. The normalized spacial score (nSPS) is 16.2. The number of halogens is 1. The second kappa shape index (κ2) is 6.65. The number of aryl methyl sites for hydroxylation is 1. The summed E-state index contributed by atoms with van der Waals surface area (Å²) in [5, 5.41) is 0. The highest BCUT2D eigenvalue weighted by molar-refractivity contribution is 9.10. The fraction of sp³-hybridized carbons (Fsp3) is 0.429.